The summed E-state index contributed by atoms with van der Waals surface area (Å²) in [5, 5.41) is 1.32. The van der Waals surface area contributed by atoms with Gasteiger partial charge < -0.3 is 5.73 Å². The predicted molar refractivity (Wildman–Crippen MR) is 71.3 cm³/mol. The zero-order valence-electron chi connectivity index (χ0n) is 9.11. The molecule has 1 heterocycles. The van der Waals surface area contributed by atoms with Crippen molar-refractivity contribution in [1.29, 1.82) is 0 Å². The summed E-state index contributed by atoms with van der Waals surface area (Å²) in [6, 6.07) is 9.34. The van der Waals surface area contributed by atoms with Crippen LogP contribution in [0.15, 0.2) is 42.7 Å². The Morgan fingerprint density at radius 2 is 1.88 bits per heavy atom. The van der Waals surface area contributed by atoms with E-state index in [4.69, 9.17) is 28.9 Å². The van der Waals surface area contributed by atoms with Gasteiger partial charge >= 0.3 is 0 Å². The average molecular weight is 267 g/mol. The molecule has 0 aliphatic heterocycles. The van der Waals surface area contributed by atoms with Crippen molar-refractivity contribution in [3.63, 3.8) is 0 Å². The molecule has 0 aliphatic carbocycles. The van der Waals surface area contributed by atoms with Crippen molar-refractivity contribution in [3.8, 4) is 0 Å². The van der Waals surface area contributed by atoms with Gasteiger partial charge in [0.1, 0.15) is 0 Å². The summed E-state index contributed by atoms with van der Waals surface area (Å²) < 4.78 is 0. The van der Waals surface area contributed by atoms with Crippen molar-refractivity contribution >= 4 is 23.2 Å². The Labute approximate surface area is 110 Å². The fourth-order valence-electron chi connectivity index (χ4n) is 1.70. The average Bonchev–Trinajstić information content (AvgIpc) is 2.32. The van der Waals surface area contributed by atoms with Gasteiger partial charge in [0.25, 0.3) is 0 Å². The van der Waals surface area contributed by atoms with Crippen molar-refractivity contribution in [2.75, 3.05) is 0 Å². The molecule has 2 rings (SSSR count). The lowest BCUT2D eigenvalue weighted by Gasteiger charge is -2.14. The topological polar surface area (TPSA) is 38.9 Å². The molecule has 2 N–H and O–H groups in total. The van der Waals surface area contributed by atoms with E-state index in [1.54, 1.807) is 12.4 Å². The maximum Gasteiger partial charge on any atom is 0.0637 e. The van der Waals surface area contributed by atoms with Gasteiger partial charge in [-0.3, -0.25) is 4.98 Å². The first-order chi connectivity index (χ1) is 8.18. The molecule has 1 unspecified atom stereocenters. The normalized spacial score (nSPS) is 12.4. The molecule has 0 bridgehead atoms. The molecule has 0 radical (unpaired) electrons. The van der Waals surface area contributed by atoms with Crippen molar-refractivity contribution in [3.05, 3.63) is 63.9 Å². The van der Waals surface area contributed by atoms with E-state index in [-0.39, 0.29) is 6.04 Å². The molecule has 2 nitrogen and oxygen atoms in total. The first kappa shape index (κ1) is 12.4. The number of nitrogens with two attached hydrogens (primary N) is 1. The molecule has 88 valence electrons. The molecule has 1 atom stereocenters. The van der Waals surface area contributed by atoms with E-state index in [9.17, 15) is 0 Å². The lowest BCUT2D eigenvalue weighted by atomic mass is 10.0. The maximum atomic E-state index is 6.13. The van der Waals surface area contributed by atoms with Gasteiger partial charge in [0.15, 0.2) is 0 Å². The summed E-state index contributed by atoms with van der Waals surface area (Å²) in [4.78, 5) is 3.94. The first-order valence-electron chi connectivity index (χ1n) is 5.27. The van der Waals surface area contributed by atoms with E-state index in [2.05, 4.69) is 4.98 Å². The van der Waals surface area contributed by atoms with Crippen LogP contribution >= 0.6 is 23.2 Å². The van der Waals surface area contributed by atoms with E-state index in [0.717, 1.165) is 16.1 Å². The van der Waals surface area contributed by atoms with Crippen molar-refractivity contribution < 1.29 is 0 Å². The Morgan fingerprint density at radius 3 is 2.59 bits per heavy atom. The molecule has 4 heteroatoms. The van der Waals surface area contributed by atoms with E-state index in [1.165, 1.54) is 0 Å². The van der Waals surface area contributed by atoms with Crippen LogP contribution in [-0.4, -0.2) is 4.98 Å². The fraction of sp³-hybridized carbons (Fsp3) is 0.154. The SMILES string of the molecule is NC(Cc1ccccc1Cl)c1ccncc1Cl. The van der Waals surface area contributed by atoms with Gasteiger partial charge in [-0.05, 0) is 29.7 Å². The Bertz CT molecular complexity index is 514. The lowest BCUT2D eigenvalue weighted by molar-refractivity contribution is 0.721. The van der Waals surface area contributed by atoms with E-state index < -0.39 is 0 Å². The monoisotopic (exact) mass is 266 g/mol. The number of rotatable bonds is 3. The molecule has 0 saturated carbocycles. The summed E-state index contributed by atoms with van der Waals surface area (Å²) >= 11 is 12.1. The highest BCUT2D eigenvalue weighted by Crippen LogP contribution is 2.25. The van der Waals surface area contributed by atoms with Crippen LogP contribution in [0.3, 0.4) is 0 Å². The minimum absolute atomic E-state index is 0.176. The van der Waals surface area contributed by atoms with E-state index >= 15 is 0 Å². The molecule has 0 aliphatic rings. The van der Waals surface area contributed by atoms with Crippen molar-refractivity contribution in [2.45, 2.75) is 12.5 Å². The molecular formula is C13H12Cl2N2. The van der Waals surface area contributed by atoms with Crippen LogP contribution in [0.5, 0.6) is 0 Å². The number of benzene rings is 1. The third-order valence-electron chi connectivity index (χ3n) is 2.60. The minimum Gasteiger partial charge on any atom is -0.324 e. The van der Waals surface area contributed by atoms with Crippen LogP contribution in [0.25, 0.3) is 0 Å². The van der Waals surface area contributed by atoms with Gasteiger partial charge in [0, 0.05) is 23.5 Å². The first-order valence-corrected chi connectivity index (χ1v) is 6.02. The largest absolute Gasteiger partial charge is 0.324 e. The minimum atomic E-state index is -0.176. The molecule has 0 fully saturated rings. The number of hydrogen-bond acceptors (Lipinski definition) is 2. The number of aromatic nitrogens is 1. The van der Waals surface area contributed by atoms with Crippen molar-refractivity contribution in [2.24, 2.45) is 5.73 Å². The Kier molecular flexibility index (Phi) is 4.00. The maximum absolute atomic E-state index is 6.13. The van der Waals surface area contributed by atoms with Crippen LogP contribution in [0.4, 0.5) is 0 Å². The molecule has 2 aromatic rings. The highest BCUT2D eigenvalue weighted by molar-refractivity contribution is 6.31. The van der Waals surface area contributed by atoms with Crippen LogP contribution in [0, 0.1) is 0 Å². The fourth-order valence-corrected chi connectivity index (χ4v) is 2.17. The second kappa shape index (κ2) is 5.50. The summed E-state index contributed by atoms with van der Waals surface area (Å²) in [5.74, 6) is 0. The number of halogens is 2. The predicted octanol–water partition coefficient (Wildman–Crippen LogP) is 3.63. The van der Waals surface area contributed by atoms with Gasteiger partial charge in [0.2, 0.25) is 0 Å². The summed E-state index contributed by atoms with van der Waals surface area (Å²) in [6.07, 6.45) is 3.94. The molecule has 0 amide bonds. The van der Waals surface area contributed by atoms with Gasteiger partial charge in [-0.25, -0.2) is 0 Å². The van der Waals surface area contributed by atoms with Crippen LogP contribution < -0.4 is 5.73 Å². The zero-order valence-corrected chi connectivity index (χ0v) is 10.6. The van der Waals surface area contributed by atoms with Crippen LogP contribution in [-0.2, 0) is 6.42 Å². The molecule has 1 aromatic carbocycles. The quantitative estimate of drug-likeness (QED) is 0.922. The van der Waals surface area contributed by atoms with E-state index in [1.807, 2.05) is 30.3 Å². The Balaban J connectivity index is 2.20. The smallest absolute Gasteiger partial charge is 0.0637 e. The molecule has 1 aromatic heterocycles. The third-order valence-corrected chi connectivity index (χ3v) is 3.29. The number of hydrogen-bond donors (Lipinski definition) is 1. The van der Waals surface area contributed by atoms with Gasteiger partial charge in [-0.15, -0.1) is 0 Å². The summed E-state index contributed by atoms with van der Waals surface area (Å²) in [7, 11) is 0. The second-order valence-corrected chi connectivity index (χ2v) is 4.61. The molecule has 0 spiro atoms. The third kappa shape index (κ3) is 2.97. The van der Waals surface area contributed by atoms with Crippen LogP contribution in [0.2, 0.25) is 10.0 Å². The number of nitrogens with zero attached hydrogens (tertiary/aromatic N) is 1. The Hall–Kier alpha value is -1.09. The zero-order chi connectivity index (χ0) is 12.3. The summed E-state index contributed by atoms with van der Waals surface area (Å²) in [6.45, 7) is 0. The van der Waals surface area contributed by atoms with Gasteiger partial charge in [-0.2, -0.15) is 0 Å². The standard InChI is InChI=1S/C13H12Cl2N2/c14-11-4-2-1-3-9(11)7-13(16)10-5-6-17-8-12(10)15/h1-6,8,13H,7,16H2. The molecular weight excluding hydrogens is 255 g/mol. The lowest BCUT2D eigenvalue weighted by Crippen LogP contribution is -2.14. The highest BCUT2D eigenvalue weighted by atomic mass is 35.5. The van der Waals surface area contributed by atoms with E-state index in [0.29, 0.717) is 11.4 Å². The van der Waals surface area contributed by atoms with Crippen molar-refractivity contribution in [1.82, 2.24) is 4.98 Å². The Morgan fingerprint density at radius 1 is 1.12 bits per heavy atom. The molecule has 0 saturated heterocycles. The highest BCUT2D eigenvalue weighted by Gasteiger charge is 2.12. The van der Waals surface area contributed by atoms with Crippen LogP contribution in [0.1, 0.15) is 17.2 Å². The molecule has 17 heavy (non-hydrogen) atoms. The summed E-state index contributed by atoms with van der Waals surface area (Å²) in [5.41, 5.74) is 8.04. The second-order valence-electron chi connectivity index (χ2n) is 3.80. The van der Waals surface area contributed by atoms with Gasteiger partial charge in [-0.1, -0.05) is 41.4 Å². The van der Waals surface area contributed by atoms with Gasteiger partial charge in [0.05, 0.1) is 5.02 Å². The number of pyridine rings is 1.